The molecule has 0 spiro atoms. The number of benzene rings is 4. The average molecular weight is 604 g/mol. The molecule has 0 aromatic heterocycles. The van der Waals surface area contributed by atoms with Crippen molar-refractivity contribution in [3.05, 3.63) is 136 Å². The third kappa shape index (κ3) is 8.95. The molecule has 4 aromatic carbocycles. The van der Waals surface area contributed by atoms with Crippen LogP contribution in [0.15, 0.2) is 97.1 Å². The molecule has 0 bridgehead atoms. The molecule has 1 aliphatic rings. The summed E-state index contributed by atoms with van der Waals surface area (Å²) < 4.78 is 0. The van der Waals surface area contributed by atoms with Gasteiger partial charge in [-0.3, -0.25) is 10.3 Å². The predicted molar refractivity (Wildman–Crippen MR) is 197 cm³/mol. The van der Waals surface area contributed by atoms with Gasteiger partial charge in [-0.25, -0.2) is 0 Å². The Morgan fingerprint density at radius 3 is 1.87 bits per heavy atom. The Hall–Kier alpha value is -3.69. The number of likely N-dealkylation sites (tertiary alicyclic amines) is 1. The van der Waals surface area contributed by atoms with Crippen LogP contribution in [0, 0.1) is 32.1 Å². The van der Waals surface area contributed by atoms with Crippen molar-refractivity contribution >= 4 is 11.4 Å². The number of piperidine rings is 1. The number of nitrogens with one attached hydrogen (secondary N) is 1. The minimum Gasteiger partial charge on any atom is -0.362 e. The first kappa shape index (κ1) is 35.8. The van der Waals surface area contributed by atoms with Gasteiger partial charge in [-0.1, -0.05) is 119 Å². The molecule has 45 heavy (non-hydrogen) atoms. The van der Waals surface area contributed by atoms with Gasteiger partial charge >= 0.3 is 0 Å². The lowest BCUT2D eigenvalue weighted by molar-refractivity contribution is 0.161. The van der Waals surface area contributed by atoms with Gasteiger partial charge in [0, 0.05) is 29.4 Å². The van der Waals surface area contributed by atoms with Crippen LogP contribution in [0.3, 0.4) is 0 Å². The van der Waals surface area contributed by atoms with E-state index in [4.69, 9.17) is 5.41 Å². The van der Waals surface area contributed by atoms with Crippen molar-refractivity contribution in [2.75, 3.05) is 18.0 Å². The molecular weight excluding hydrogens is 546 g/mol. The molecule has 1 fully saturated rings. The normalized spacial score (nSPS) is 14.7. The van der Waals surface area contributed by atoms with Crippen LogP contribution in [0.25, 0.3) is 0 Å². The van der Waals surface area contributed by atoms with Crippen LogP contribution in [-0.4, -0.2) is 29.7 Å². The molecule has 0 radical (unpaired) electrons. The number of hydrogen-bond acceptors (Lipinski definition) is 3. The van der Waals surface area contributed by atoms with E-state index >= 15 is 0 Å². The van der Waals surface area contributed by atoms with Crippen molar-refractivity contribution in [1.29, 1.82) is 5.41 Å². The monoisotopic (exact) mass is 603 g/mol. The van der Waals surface area contributed by atoms with E-state index in [1.165, 1.54) is 40.8 Å². The summed E-state index contributed by atoms with van der Waals surface area (Å²) in [6.45, 7) is 22.5. The minimum absolute atomic E-state index is 0.310. The lowest BCUT2D eigenvalue weighted by Crippen LogP contribution is -2.45. The molecule has 0 saturated carbocycles. The molecule has 5 rings (SSSR count). The van der Waals surface area contributed by atoms with Crippen molar-refractivity contribution in [3.8, 4) is 0 Å². The second-order valence-electron chi connectivity index (χ2n) is 12.0. The molecular formula is C42H57N3. The third-order valence-electron chi connectivity index (χ3n) is 9.23. The van der Waals surface area contributed by atoms with E-state index in [1.54, 1.807) is 0 Å². The summed E-state index contributed by atoms with van der Waals surface area (Å²) in [6.07, 6.45) is 2.42. The zero-order valence-electron chi connectivity index (χ0n) is 29.4. The molecule has 2 atom stereocenters. The molecule has 3 heteroatoms. The first-order valence-electron chi connectivity index (χ1n) is 17.2. The van der Waals surface area contributed by atoms with Crippen LogP contribution in [0.2, 0.25) is 0 Å². The predicted octanol–water partition coefficient (Wildman–Crippen LogP) is 10.9. The Bertz CT molecular complexity index is 1470. The minimum atomic E-state index is 0.310. The van der Waals surface area contributed by atoms with Gasteiger partial charge in [0.15, 0.2) is 0 Å². The van der Waals surface area contributed by atoms with Gasteiger partial charge in [-0.05, 0) is 100 Å². The lowest BCUT2D eigenvalue weighted by atomic mass is 9.87. The van der Waals surface area contributed by atoms with Crippen LogP contribution >= 0.6 is 0 Å². The second-order valence-corrected chi connectivity index (χ2v) is 12.0. The second kappa shape index (κ2) is 17.7. The number of nitrogens with zero attached hydrogens (tertiary/aromatic N) is 2. The van der Waals surface area contributed by atoms with Crippen molar-refractivity contribution in [1.82, 2.24) is 4.90 Å². The fourth-order valence-corrected chi connectivity index (χ4v) is 6.71. The molecule has 0 aliphatic carbocycles. The van der Waals surface area contributed by atoms with E-state index < -0.39 is 0 Å². The number of para-hydroxylation sites is 1. The summed E-state index contributed by atoms with van der Waals surface area (Å²) in [6, 6.07) is 35.4. The van der Waals surface area contributed by atoms with Gasteiger partial charge in [0.2, 0.25) is 0 Å². The van der Waals surface area contributed by atoms with Crippen molar-refractivity contribution in [2.24, 2.45) is 5.92 Å². The molecule has 2 unspecified atom stereocenters. The first-order chi connectivity index (χ1) is 21.8. The van der Waals surface area contributed by atoms with Crippen LogP contribution in [0.5, 0.6) is 0 Å². The van der Waals surface area contributed by atoms with Crippen LogP contribution in [0.1, 0.15) is 99.4 Å². The molecule has 240 valence electrons. The summed E-state index contributed by atoms with van der Waals surface area (Å²) in [5.74, 6) is 0.649. The van der Waals surface area contributed by atoms with E-state index in [1.807, 2.05) is 39.8 Å². The zero-order chi connectivity index (χ0) is 32.9. The van der Waals surface area contributed by atoms with Gasteiger partial charge in [0.05, 0.1) is 11.8 Å². The van der Waals surface area contributed by atoms with Crippen molar-refractivity contribution in [2.45, 2.75) is 93.8 Å². The van der Waals surface area contributed by atoms with Gasteiger partial charge < -0.3 is 4.90 Å². The lowest BCUT2D eigenvalue weighted by Gasteiger charge is -2.44. The number of anilines is 1. The summed E-state index contributed by atoms with van der Waals surface area (Å²) >= 11 is 0. The quantitative estimate of drug-likeness (QED) is 0.193. The Labute approximate surface area is 274 Å². The fraction of sp³-hybridized carbons (Fsp3) is 0.405. The Morgan fingerprint density at radius 1 is 0.711 bits per heavy atom. The summed E-state index contributed by atoms with van der Waals surface area (Å²) in [5, 5.41) is 8.82. The summed E-state index contributed by atoms with van der Waals surface area (Å²) in [5.41, 5.74) is 10.4. The molecule has 3 nitrogen and oxygen atoms in total. The highest BCUT2D eigenvalue weighted by atomic mass is 15.2. The topological polar surface area (TPSA) is 30.3 Å². The summed E-state index contributed by atoms with van der Waals surface area (Å²) in [7, 11) is 0. The SMILES string of the molecule is CC.CC.Cc1ccccc1C(=N)c1ccc(CN2CCC(C(C)N(c3ccccc3C)C(C)c3ccccc3)CC2)cc1C. The molecule has 1 saturated heterocycles. The zero-order valence-corrected chi connectivity index (χ0v) is 29.4. The molecule has 1 N–H and O–H groups in total. The van der Waals surface area contributed by atoms with Crippen LogP contribution in [0.4, 0.5) is 5.69 Å². The average Bonchev–Trinajstić information content (AvgIpc) is 3.08. The molecule has 4 aromatic rings. The van der Waals surface area contributed by atoms with Gasteiger partial charge in [-0.15, -0.1) is 0 Å². The van der Waals surface area contributed by atoms with E-state index in [2.05, 4.69) is 129 Å². The fourth-order valence-electron chi connectivity index (χ4n) is 6.71. The largest absolute Gasteiger partial charge is 0.362 e. The first-order valence-corrected chi connectivity index (χ1v) is 17.2. The highest BCUT2D eigenvalue weighted by Gasteiger charge is 2.31. The standard InChI is InChI=1S/C38H45N3.2C2H6/c1-27-13-9-11-17-35(27)38(39)36-20-19-32(25-29(36)3)26-40-23-21-34(22-24-40)31(5)41(37-18-12-10-14-28(37)2)30(4)33-15-7-6-8-16-33;2*1-2/h6-20,25,30-31,34,39H,21-24,26H2,1-5H3;2*1-2H3. The number of aryl methyl sites for hydroxylation is 3. The maximum absolute atomic E-state index is 8.82. The van der Waals surface area contributed by atoms with Gasteiger partial charge in [-0.2, -0.15) is 0 Å². The van der Waals surface area contributed by atoms with Crippen molar-refractivity contribution < 1.29 is 0 Å². The van der Waals surface area contributed by atoms with E-state index in [0.717, 1.165) is 36.3 Å². The van der Waals surface area contributed by atoms with E-state index in [9.17, 15) is 0 Å². The Balaban J connectivity index is 0.00000133. The van der Waals surface area contributed by atoms with Gasteiger partial charge in [0.1, 0.15) is 0 Å². The Kier molecular flexibility index (Phi) is 14.1. The molecule has 0 amide bonds. The highest BCUT2D eigenvalue weighted by Crippen LogP contribution is 2.36. The smallest absolute Gasteiger partial charge is 0.0689 e. The van der Waals surface area contributed by atoms with E-state index in [0.29, 0.717) is 23.7 Å². The van der Waals surface area contributed by atoms with Crippen LogP contribution in [-0.2, 0) is 6.54 Å². The van der Waals surface area contributed by atoms with Gasteiger partial charge in [0.25, 0.3) is 0 Å². The Morgan fingerprint density at radius 2 is 1.27 bits per heavy atom. The number of hydrogen-bond donors (Lipinski definition) is 1. The third-order valence-corrected chi connectivity index (χ3v) is 9.23. The summed E-state index contributed by atoms with van der Waals surface area (Å²) in [4.78, 5) is 5.29. The van der Waals surface area contributed by atoms with Crippen LogP contribution < -0.4 is 4.90 Å². The highest BCUT2D eigenvalue weighted by molar-refractivity contribution is 6.12. The maximum Gasteiger partial charge on any atom is 0.0689 e. The maximum atomic E-state index is 8.82. The van der Waals surface area contributed by atoms with E-state index in [-0.39, 0.29) is 0 Å². The molecule has 1 aliphatic heterocycles. The number of rotatable bonds is 9. The molecule has 1 heterocycles. The van der Waals surface area contributed by atoms with Crippen molar-refractivity contribution in [3.63, 3.8) is 0 Å².